The molecule has 0 amide bonds. The van der Waals surface area contributed by atoms with Crippen molar-refractivity contribution in [3.05, 3.63) is 10.6 Å². The summed E-state index contributed by atoms with van der Waals surface area (Å²) < 4.78 is 0. The highest BCUT2D eigenvalue weighted by Crippen LogP contribution is 2.59. The Labute approximate surface area is 137 Å². The normalized spacial score (nSPS) is 36.6. The third-order valence-electron chi connectivity index (χ3n) is 5.90. The van der Waals surface area contributed by atoms with Crippen molar-refractivity contribution in [3.8, 4) is 0 Å². The van der Waals surface area contributed by atoms with Crippen LogP contribution in [0.4, 0.5) is 0 Å². The molecule has 2 aliphatic heterocycles. The maximum Gasteiger partial charge on any atom is 0.171 e. The first-order valence-corrected chi connectivity index (χ1v) is 8.92. The third-order valence-corrected chi connectivity index (χ3v) is 6.89. The van der Waals surface area contributed by atoms with E-state index >= 15 is 0 Å². The van der Waals surface area contributed by atoms with Crippen LogP contribution in [0.3, 0.4) is 0 Å². The molecule has 4 aliphatic rings. The number of fused-ring (bicyclic) bond motifs is 4. The van der Waals surface area contributed by atoms with Crippen molar-refractivity contribution in [1.82, 2.24) is 4.90 Å². The van der Waals surface area contributed by atoms with Crippen LogP contribution in [0.1, 0.15) is 65.2 Å². The van der Waals surface area contributed by atoms with Gasteiger partial charge in [-0.3, -0.25) is 0 Å². The van der Waals surface area contributed by atoms with E-state index in [9.17, 15) is 5.11 Å². The van der Waals surface area contributed by atoms with Gasteiger partial charge in [-0.15, -0.1) is 12.4 Å². The molecule has 0 aromatic heterocycles. The SMILES string of the molecule is CCC1=C(C)SC2=NC3(O)CCCC3C3(CCCC3)N21.Cl. The lowest BCUT2D eigenvalue weighted by molar-refractivity contribution is -0.0619. The molecule has 3 nitrogen and oxygen atoms in total. The number of aliphatic imine (C=N–C) groups is 1. The lowest BCUT2D eigenvalue weighted by Crippen LogP contribution is -2.61. The minimum absolute atomic E-state index is 0. The number of allylic oxidation sites excluding steroid dienone is 2. The van der Waals surface area contributed by atoms with Crippen molar-refractivity contribution in [2.45, 2.75) is 76.5 Å². The number of halogens is 1. The van der Waals surface area contributed by atoms with E-state index in [1.54, 1.807) is 11.8 Å². The van der Waals surface area contributed by atoms with Crippen molar-refractivity contribution < 1.29 is 5.11 Å². The molecular weight excluding hydrogens is 304 g/mol. The molecule has 2 heterocycles. The van der Waals surface area contributed by atoms with E-state index in [4.69, 9.17) is 4.99 Å². The van der Waals surface area contributed by atoms with Gasteiger partial charge < -0.3 is 10.0 Å². The Morgan fingerprint density at radius 3 is 2.67 bits per heavy atom. The summed E-state index contributed by atoms with van der Waals surface area (Å²) in [7, 11) is 0. The molecule has 0 saturated heterocycles. The van der Waals surface area contributed by atoms with Crippen molar-refractivity contribution in [2.75, 3.05) is 0 Å². The van der Waals surface area contributed by atoms with E-state index in [0.717, 1.165) is 30.9 Å². The number of rotatable bonds is 1. The maximum atomic E-state index is 11.1. The van der Waals surface area contributed by atoms with Gasteiger partial charge in [0.1, 0.15) is 0 Å². The molecule has 0 aromatic carbocycles. The van der Waals surface area contributed by atoms with Crippen LogP contribution in [0.5, 0.6) is 0 Å². The van der Waals surface area contributed by atoms with E-state index in [1.165, 1.54) is 36.3 Å². The molecule has 21 heavy (non-hydrogen) atoms. The monoisotopic (exact) mass is 328 g/mol. The average Bonchev–Trinajstić information content (AvgIpc) is 3.07. The van der Waals surface area contributed by atoms with E-state index in [2.05, 4.69) is 18.7 Å². The highest BCUT2D eigenvalue weighted by Gasteiger charge is 2.61. The Bertz CT molecular complexity index is 512. The van der Waals surface area contributed by atoms with Gasteiger partial charge in [0.15, 0.2) is 10.9 Å². The highest BCUT2D eigenvalue weighted by molar-refractivity contribution is 8.17. The Hall–Kier alpha value is -0.190. The topological polar surface area (TPSA) is 35.8 Å². The Kier molecular flexibility index (Phi) is 3.87. The third kappa shape index (κ3) is 1.95. The molecule has 118 valence electrons. The molecule has 0 radical (unpaired) electrons. The second-order valence-corrected chi connectivity index (χ2v) is 8.00. The van der Waals surface area contributed by atoms with Crippen molar-refractivity contribution >= 4 is 29.3 Å². The van der Waals surface area contributed by atoms with Gasteiger partial charge in [-0.25, -0.2) is 4.99 Å². The summed E-state index contributed by atoms with van der Waals surface area (Å²) in [5.41, 5.74) is 0.857. The molecule has 4 rings (SSSR count). The molecule has 2 fully saturated rings. The lowest BCUT2D eigenvalue weighted by atomic mass is 9.74. The Morgan fingerprint density at radius 2 is 2.00 bits per heavy atom. The number of amidine groups is 1. The minimum atomic E-state index is -0.771. The predicted molar refractivity (Wildman–Crippen MR) is 90.6 cm³/mol. The summed E-state index contributed by atoms with van der Waals surface area (Å²) in [6, 6.07) is 0. The Morgan fingerprint density at radius 1 is 1.29 bits per heavy atom. The molecule has 0 bridgehead atoms. The zero-order chi connectivity index (χ0) is 14.0. The molecular formula is C16H25ClN2OS. The van der Waals surface area contributed by atoms with Gasteiger partial charge in [0, 0.05) is 16.5 Å². The number of aliphatic hydroxyl groups is 1. The molecule has 2 saturated carbocycles. The van der Waals surface area contributed by atoms with Crippen LogP contribution in [0.2, 0.25) is 0 Å². The molecule has 0 aromatic rings. The first-order chi connectivity index (χ1) is 9.61. The maximum absolute atomic E-state index is 11.1. The summed E-state index contributed by atoms with van der Waals surface area (Å²) in [6.07, 6.45) is 9.27. The van der Waals surface area contributed by atoms with Gasteiger partial charge in [-0.2, -0.15) is 0 Å². The van der Waals surface area contributed by atoms with E-state index in [-0.39, 0.29) is 17.9 Å². The van der Waals surface area contributed by atoms with E-state index in [1.807, 2.05) is 0 Å². The van der Waals surface area contributed by atoms with Crippen LogP contribution in [0.15, 0.2) is 15.6 Å². The van der Waals surface area contributed by atoms with Crippen molar-refractivity contribution in [2.24, 2.45) is 10.9 Å². The highest BCUT2D eigenvalue weighted by atomic mass is 35.5. The van der Waals surface area contributed by atoms with Crippen LogP contribution >= 0.6 is 24.2 Å². The van der Waals surface area contributed by atoms with Crippen molar-refractivity contribution in [3.63, 3.8) is 0 Å². The zero-order valence-electron chi connectivity index (χ0n) is 12.9. The van der Waals surface area contributed by atoms with Crippen LogP contribution in [0.25, 0.3) is 0 Å². The molecule has 2 unspecified atom stereocenters. The fourth-order valence-electron chi connectivity index (χ4n) is 5.14. The molecule has 2 aliphatic carbocycles. The average molecular weight is 329 g/mol. The predicted octanol–water partition coefficient (Wildman–Crippen LogP) is 4.27. The van der Waals surface area contributed by atoms with Crippen LogP contribution in [-0.2, 0) is 0 Å². The standard InChI is InChI=1S/C16H24N2OS.ClH/c1-3-12-11(2)20-14-17-16(19)10-6-7-13(16)15(18(12)14)8-4-5-9-15;/h13,19H,3-10H2,1-2H3;1H. The molecule has 2 atom stereocenters. The fraction of sp³-hybridized carbons (Fsp3) is 0.812. The van der Waals surface area contributed by atoms with Crippen LogP contribution in [-0.4, -0.2) is 26.4 Å². The van der Waals surface area contributed by atoms with Gasteiger partial charge >= 0.3 is 0 Å². The quantitative estimate of drug-likeness (QED) is 0.780. The van der Waals surface area contributed by atoms with Gasteiger partial charge in [-0.05, 0) is 45.4 Å². The van der Waals surface area contributed by atoms with E-state index < -0.39 is 5.72 Å². The molecule has 1 spiro atoms. The summed E-state index contributed by atoms with van der Waals surface area (Å²) in [5.74, 6) is 0.342. The van der Waals surface area contributed by atoms with Crippen LogP contribution < -0.4 is 0 Å². The lowest BCUT2D eigenvalue weighted by Gasteiger charge is -2.52. The first-order valence-electron chi connectivity index (χ1n) is 8.11. The van der Waals surface area contributed by atoms with E-state index in [0.29, 0.717) is 5.92 Å². The Balaban J connectivity index is 0.00000132. The van der Waals surface area contributed by atoms with Gasteiger partial charge in [0.05, 0.1) is 5.54 Å². The molecule has 5 heteroatoms. The number of thioether (sulfide) groups is 1. The summed E-state index contributed by atoms with van der Waals surface area (Å²) in [6.45, 7) is 4.47. The van der Waals surface area contributed by atoms with Crippen molar-refractivity contribution in [1.29, 1.82) is 0 Å². The minimum Gasteiger partial charge on any atom is -0.369 e. The number of nitrogens with zero attached hydrogens (tertiary/aromatic N) is 2. The van der Waals surface area contributed by atoms with Crippen LogP contribution in [0, 0.1) is 5.92 Å². The first kappa shape index (κ1) is 15.7. The fourth-order valence-corrected chi connectivity index (χ4v) is 6.35. The van der Waals surface area contributed by atoms with Gasteiger partial charge in [0.2, 0.25) is 0 Å². The van der Waals surface area contributed by atoms with Gasteiger partial charge in [-0.1, -0.05) is 31.5 Å². The summed E-state index contributed by atoms with van der Waals surface area (Å²) in [4.78, 5) is 8.77. The summed E-state index contributed by atoms with van der Waals surface area (Å²) in [5, 5.41) is 12.2. The number of hydrogen-bond acceptors (Lipinski definition) is 4. The smallest absolute Gasteiger partial charge is 0.171 e. The van der Waals surface area contributed by atoms with Gasteiger partial charge in [0.25, 0.3) is 0 Å². The molecule has 1 N–H and O–H groups in total. The number of hydrogen-bond donors (Lipinski definition) is 1. The second-order valence-electron chi connectivity index (χ2n) is 6.82. The summed E-state index contributed by atoms with van der Waals surface area (Å²) >= 11 is 1.79. The largest absolute Gasteiger partial charge is 0.369 e. The second kappa shape index (κ2) is 5.17. The zero-order valence-corrected chi connectivity index (χ0v) is 14.5.